The molecule has 8 heteroatoms. The number of rotatable bonds is 4. The Bertz CT molecular complexity index is 702. The van der Waals surface area contributed by atoms with Crippen molar-refractivity contribution in [3.8, 4) is 0 Å². The highest BCUT2D eigenvalue weighted by Crippen LogP contribution is 2.31. The summed E-state index contributed by atoms with van der Waals surface area (Å²) < 4.78 is 39.2. The molecule has 0 radical (unpaired) electrons. The van der Waals surface area contributed by atoms with E-state index in [-0.39, 0.29) is 11.7 Å². The van der Waals surface area contributed by atoms with E-state index in [9.17, 15) is 18.0 Å². The van der Waals surface area contributed by atoms with Crippen LogP contribution in [0.4, 0.5) is 13.2 Å². The number of thioether (sulfide) groups is 1. The van der Waals surface area contributed by atoms with Crippen LogP contribution in [0, 0.1) is 6.92 Å². The van der Waals surface area contributed by atoms with Gasteiger partial charge in [0.15, 0.2) is 10.9 Å². The van der Waals surface area contributed by atoms with Gasteiger partial charge in [-0.25, -0.2) is 9.97 Å². The number of carbonyl (C=O) groups is 1. The summed E-state index contributed by atoms with van der Waals surface area (Å²) in [5.74, 6) is -0.856. The molecular weight excluding hydrogens is 327 g/mol. The average molecular weight is 341 g/mol. The second kappa shape index (κ2) is 6.99. The lowest BCUT2D eigenvalue weighted by molar-refractivity contribution is -0.142. The minimum atomic E-state index is -4.72. The molecule has 0 aliphatic carbocycles. The summed E-state index contributed by atoms with van der Waals surface area (Å²) in [4.78, 5) is 19.2. The van der Waals surface area contributed by atoms with Crippen LogP contribution >= 0.6 is 11.8 Å². The van der Waals surface area contributed by atoms with Gasteiger partial charge < -0.3 is 5.32 Å². The van der Waals surface area contributed by atoms with E-state index in [1.165, 1.54) is 0 Å². The van der Waals surface area contributed by atoms with Crippen LogP contribution < -0.4 is 5.32 Å². The molecule has 1 heterocycles. The molecule has 1 amide bonds. The second-order valence-corrected chi connectivity index (χ2v) is 5.56. The van der Waals surface area contributed by atoms with Crippen molar-refractivity contribution < 1.29 is 18.0 Å². The highest BCUT2D eigenvalue weighted by molar-refractivity contribution is 7.98. The molecule has 0 saturated heterocycles. The van der Waals surface area contributed by atoms with E-state index in [0.717, 1.165) is 29.1 Å². The number of hydrogen-bond acceptors (Lipinski definition) is 4. The molecule has 0 aliphatic rings. The molecule has 1 aromatic carbocycles. The first kappa shape index (κ1) is 17.3. The Balaban J connectivity index is 2.20. The summed E-state index contributed by atoms with van der Waals surface area (Å²) in [7, 11) is 0. The average Bonchev–Trinajstić information content (AvgIpc) is 2.52. The highest BCUT2D eigenvalue weighted by atomic mass is 32.2. The summed E-state index contributed by atoms with van der Waals surface area (Å²) in [6, 6.07) is 7.32. The molecule has 0 fully saturated rings. The summed E-state index contributed by atoms with van der Waals surface area (Å²) >= 11 is 0.977. The maximum absolute atomic E-state index is 13.1. The third kappa shape index (κ3) is 4.44. The first-order valence-electron chi connectivity index (χ1n) is 6.63. The van der Waals surface area contributed by atoms with E-state index in [1.807, 2.05) is 19.1 Å². The lowest BCUT2D eigenvalue weighted by atomic mass is 10.1. The number of nitrogens with zero attached hydrogens (tertiary/aromatic N) is 2. The molecule has 0 aliphatic heterocycles. The van der Waals surface area contributed by atoms with Crippen LogP contribution in [0.3, 0.4) is 0 Å². The molecule has 122 valence electrons. The molecule has 4 nitrogen and oxygen atoms in total. The van der Waals surface area contributed by atoms with Gasteiger partial charge in [0.05, 0.1) is 5.56 Å². The van der Waals surface area contributed by atoms with E-state index >= 15 is 0 Å². The normalized spacial score (nSPS) is 11.3. The zero-order chi connectivity index (χ0) is 17.0. The largest absolute Gasteiger partial charge is 0.434 e. The van der Waals surface area contributed by atoms with Gasteiger partial charge in [0, 0.05) is 12.7 Å². The Morgan fingerprint density at radius 2 is 1.91 bits per heavy atom. The Hall–Kier alpha value is -2.09. The van der Waals surface area contributed by atoms with Crippen molar-refractivity contribution >= 4 is 17.7 Å². The van der Waals surface area contributed by atoms with Crippen LogP contribution in [-0.2, 0) is 12.7 Å². The van der Waals surface area contributed by atoms with Crippen LogP contribution in [0.1, 0.15) is 27.2 Å². The molecule has 2 aromatic rings. The van der Waals surface area contributed by atoms with E-state index in [0.29, 0.717) is 0 Å². The SMILES string of the molecule is CSc1ncc(C(=O)NCc2ccc(C)cc2)c(C(F)(F)F)n1. The van der Waals surface area contributed by atoms with Gasteiger partial charge in [-0.3, -0.25) is 4.79 Å². The van der Waals surface area contributed by atoms with Crippen molar-refractivity contribution in [2.45, 2.75) is 24.8 Å². The maximum Gasteiger partial charge on any atom is 0.434 e. The van der Waals surface area contributed by atoms with Gasteiger partial charge >= 0.3 is 6.18 Å². The molecule has 0 saturated carbocycles. The van der Waals surface area contributed by atoms with Crippen molar-refractivity contribution in [3.63, 3.8) is 0 Å². The first-order valence-corrected chi connectivity index (χ1v) is 7.85. The fourth-order valence-corrected chi connectivity index (χ4v) is 2.17. The Morgan fingerprint density at radius 3 is 2.48 bits per heavy atom. The zero-order valence-electron chi connectivity index (χ0n) is 12.4. The zero-order valence-corrected chi connectivity index (χ0v) is 13.3. The predicted molar refractivity (Wildman–Crippen MR) is 81.2 cm³/mol. The highest BCUT2D eigenvalue weighted by Gasteiger charge is 2.38. The van der Waals surface area contributed by atoms with E-state index in [2.05, 4.69) is 15.3 Å². The molecule has 0 bridgehead atoms. The van der Waals surface area contributed by atoms with Gasteiger partial charge in [-0.05, 0) is 18.7 Å². The predicted octanol–water partition coefficient (Wildman–Crippen LogP) is 3.46. The standard InChI is InChI=1S/C15H14F3N3OS/c1-9-3-5-10(6-4-9)7-19-13(22)11-8-20-14(23-2)21-12(11)15(16,17)18/h3-6,8H,7H2,1-2H3,(H,19,22). The Kier molecular flexibility index (Phi) is 5.25. The van der Waals surface area contributed by atoms with Crippen molar-refractivity contribution in [2.24, 2.45) is 0 Å². The lowest BCUT2D eigenvalue weighted by Gasteiger charge is -2.12. The summed E-state index contributed by atoms with van der Waals surface area (Å²) in [6.45, 7) is 2.04. The van der Waals surface area contributed by atoms with Crippen molar-refractivity contribution in [3.05, 3.63) is 52.8 Å². The van der Waals surface area contributed by atoms with Gasteiger partial charge in [0.2, 0.25) is 0 Å². The topological polar surface area (TPSA) is 54.9 Å². The molecule has 23 heavy (non-hydrogen) atoms. The molecule has 0 unspecified atom stereocenters. The minimum absolute atomic E-state index is 0.0348. The molecule has 0 spiro atoms. The summed E-state index contributed by atoms with van der Waals surface area (Å²) in [5, 5.41) is 2.42. The number of benzene rings is 1. The second-order valence-electron chi connectivity index (χ2n) is 4.79. The van der Waals surface area contributed by atoms with Gasteiger partial charge in [-0.15, -0.1) is 0 Å². The molecular formula is C15H14F3N3OS. The van der Waals surface area contributed by atoms with Gasteiger partial charge in [-0.2, -0.15) is 13.2 Å². The number of aromatic nitrogens is 2. The molecule has 1 N–H and O–H groups in total. The Morgan fingerprint density at radius 1 is 1.26 bits per heavy atom. The lowest BCUT2D eigenvalue weighted by Crippen LogP contribution is -2.27. The van der Waals surface area contributed by atoms with Crippen LogP contribution in [0.2, 0.25) is 0 Å². The van der Waals surface area contributed by atoms with Crippen LogP contribution in [-0.4, -0.2) is 22.1 Å². The first-order chi connectivity index (χ1) is 10.8. The van der Waals surface area contributed by atoms with E-state index < -0.39 is 23.3 Å². The van der Waals surface area contributed by atoms with E-state index in [4.69, 9.17) is 0 Å². The summed E-state index contributed by atoms with van der Waals surface area (Å²) in [5.41, 5.74) is 0.0420. The number of aryl methyl sites for hydroxylation is 1. The quantitative estimate of drug-likeness (QED) is 0.684. The number of carbonyl (C=O) groups excluding carboxylic acids is 1. The number of amides is 1. The Labute approximate surface area is 135 Å². The smallest absolute Gasteiger partial charge is 0.348 e. The number of alkyl halides is 3. The molecule has 2 rings (SSSR count). The third-order valence-electron chi connectivity index (χ3n) is 3.04. The number of halogens is 3. The van der Waals surface area contributed by atoms with Gasteiger partial charge in [0.1, 0.15) is 0 Å². The minimum Gasteiger partial charge on any atom is -0.348 e. The maximum atomic E-state index is 13.1. The fourth-order valence-electron chi connectivity index (χ4n) is 1.83. The van der Waals surface area contributed by atoms with E-state index in [1.54, 1.807) is 18.4 Å². The number of hydrogen-bond donors (Lipinski definition) is 1. The van der Waals surface area contributed by atoms with Crippen LogP contribution in [0.5, 0.6) is 0 Å². The monoisotopic (exact) mass is 341 g/mol. The van der Waals surface area contributed by atoms with Crippen molar-refractivity contribution in [1.82, 2.24) is 15.3 Å². The van der Waals surface area contributed by atoms with Crippen LogP contribution in [0.15, 0.2) is 35.6 Å². The molecule has 0 atom stereocenters. The fraction of sp³-hybridized carbons (Fsp3) is 0.267. The van der Waals surface area contributed by atoms with Gasteiger partial charge in [0.25, 0.3) is 5.91 Å². The van der Waals surface area contributed by atoms with Crippen molar-refractivity contribution in [2.75, 3.05) is 6.26 Å². The summed E-state index contributed by atoms with van der Waals surface area (Å²) in [6.07, 6.45) is -2.25. The van der Waals surface area contributed by atoms with Crippen molar-refractivity contribution in [1.29, 1.82) is 0 Å². The molecule has 1 aromatic heterocycles. The van der Waals surface area contributed by atoms with Gasteiger partial charge in [-0.1, -0.05) is 41.6 Å². The third-order valence-corrected chi connectivity index (χ3v) is 3.60. The number of nitrogens with one attached hydrogen (secondary N) is 1. The van der Waals surface area contributed by atoms with Crippen LogP contribution in [0.25, 0.3) is 0 Å².